The van der Waals surface area contributed by atoms with Crippen molar-refractivity contribution in [2.24, 2.45) is 4.99 Å². The van der Waals surface area contributed by atoms with Crippen molar-refractivity contribution >= 4 is 56.5 Å². The number of halogens is 2. The number of hydrogen-bond acceptors (Lipinski definition) is 3. The minimum atomic E-state index is -0.431. The Hall–Kier alpha value is -1.47. The predicted octanol–water partition coefficient (Wildman–Crippen LogP) is 4.40. The quantitative estimate of drug-likeness (QED) is 0.384. The van der Waals surface area contributed by atoms with Crippen LogP contribution in [-0.2, 0) is 9.53 Å². The summed E-state index contributed by atoms with van der Waals surface area (Å²) >= 11 is 5.66. The zero-order chi connectivity index (χ0) is 14.8. The van der Waals surface area contributed by atoms with Gasteiger partial charge in [-0.2, -0.15) is 0 Å². The number of hydrogen-bond donors (Lipinski definition) is 0. The summed E-state index contributed by atoms with van der Waals surface area (Å²) in [7, 11) is 0. The van der Waals surface area contributed by atoms with Gasteiger partial charge in [-0.3, -0.25) is 0 Å². The second-order valence-electron chi connectivity index (χ2n) is 4.37. The van der Waals surface area contributed by atoms with Crippen LogP contribution < -0.4 is 0 Å². The van der Waals surface area contributed by atoms with Crippen molar-refractivity contribution in [3.63, 3.8) is 0 Å². The van der Waals surface area contributed by atoms with Crippen LogP contribution in [0.4, 0.5) is 0 Å². The summed E-state index contributed by atoms with van der Waals surface area (Å²) in [5.74, 6) is -0.107. The first kappa shape index (κ1) is 14.5. The number of esters is 1. The van der Waals surface area contributed by atoms with Crippen molar-refractivity contribution in [1.82, 2.24) is 0 Å². The van der Waals surface area contributed by atoms with Gasteiger partial charge in [0.1, 0.15) is 0 Å². The van der Waals surface area contributed by atoms with Crippen LogP contribution >= 0.6 is 38.5 Å². The standard InChI is InChI=1S/C16H9BrINO2/c17-13-7-2-1-6-12(13)15-19-14(16(20)21-15)9-10-4-3-5-11(18)8-10/h1-9H/b14-9-. The maximum Gasteiger partial charge on any atom is 0.363 e. The fraction of sp³-hybridized carbons (Fsp3) is 0. The molecule has 0 saturated carbocycles. The fourth-order valence-electron chi connectivity index (χ4n) is 1.91. The Labute approximate surface area is 144 Å². The van der Waals surface area contributed by atoms with Crippen LogP contribution in [0.3, 0.4) is 0 Å². The summed E-state index contributed by atoms with van der Waals surface area (Å²) in [4.78, 5) is 16.2. The number of ether oxygens (including phenoxy) is 1. The van der Waals surface area contributed by atoms with Gasteiger partial charge in [0, 0.05) is 8.04 Å². The lowest BCUT2D eigenvalue weighted by atomic mass is 10.2. The molecule has 1 heterocycles. The van der Waals surface area contributed by atoms with Crippen LogP contribution in [0.2, 0.25) is 0 Å². The summed E-state index contributed by atoms with van der Waals surface area (Å²) in [5, 5.41) is 0. The van der Waals surface area contributed by atoms with Crippen LogP contribution in [0, 0.1) is 3.57 Å². The molecule has 21 heavy (non-hydrogen) atoms. The van der Waals surface area contributed by atoms with E-state index in [-0.39, 0.29) is 0 Å². The van der Waals surface area contributed by atoms with Gasteiger partial charge >= 0.3 is 5.97 Å². The van der Waals surface area contributed by atoms with Crippen molar-refractivity contribution in [3.05, 3.63) is 73.4 Å². The molecule has 0 spiro atoms. The Kier molecular flexibility index (Phi) is 4.21. The van der Waals surface area contributed by atoms with E-state index in [1.165, 1.54) is 0 Å². The van der Waals surface area contributed by atoms with Crippen LogP contribution in [0.1, 0.15) is 11.1 Å². The largest absolute Gasteiger partial charge is 0.402 e. The monoisotopic (exact) mass is 453 g/mol. The number of carbonyl (C=O) groups excluding carboxylic acids is 1. The lowest BCUT2D eigenvalue weighted by Crippen LogP contribution is -2.05. The zero-order valence-electron chi connectivity index (χ0n) is 10.7. The molecule has 0 saturated heterocycles. The van der Waals surface area contributed by atoms with E-state index in [0.717, 1.165) is 19.2 Å². The molecule has 0 aromatic heterocycles. The van der Waals surface area contributed by atoms with Crippen molar-refractivity contribution < 1.29 is 9.53 Å². The molecule has 0 radical (unpaired) electrons. The van der Waals surface area contributed by atoms with Crippen LogP contribution in [-0.4, -0.2) is 11.9 Å². The van der Waals surface area contributed by atoms with Crippen LogP contribution in [0.15, 0.2) is 63.7 Å². The molecule has 0 amide bonds. The number of cyclic esters (lactones) is 1. The minimum Gasteiger partial charge on any atom is -0.402 e. The molecule has 2 aromatic rings. The van der Waals surface area contributed by atoms with Gasteiger partial charge in [0.05, 0.1) is 5.56 Å². The Morgan fingerprint density at radius 3 is 2.71 bits per heavy atom. The molecule has 0 unspecified atom stereocenters. The van der Waals surface area contributed by atoms with Gasteiger partial charge in [-0.15, -0.1) is 0 Å². The molecule has 2 aromatic carbocycles. The molecule has 0 bridgehead atoms. The third-order valence-electron chi connectivity index (χ3n) is 2.88. The predicted molar refractivity (Wildman–Crippen MR) is 93.9 cm³/mol. The molecular weight excluding hydrogens is 445 g/mol. The third-order valence-corrected chi connectivity index (χ3v) is 4.24. The molecule has 5 heteroatoms. The number of aliphatic imine (C=N–C) groups is 1. The topological polar surface area (TPSA) is 38.7 Å². The lowest BCUT2D eigenvalue weighted by molar-refractivity contribution is -0.129. The molecule has 1 aliphatic heterocycles. The Bertz CT molecular complexity index is 783. The third kappa shape index (κ3) is 3.24. The zero-order valence-corrected chi connectivity index (χ0v) is 14.5. The van der Waals surface area contributed by atoms with Crippen molar-refractivity contribution in [2.45, 2.75) is 0 Å². The van der Waals surface area contributed by atoms with Gasteiger partial charge in [-0.25, -0.2) is 9.79 Å². The summed E-state index contributed by atoms with van der Waals surface area (Å²) < 4.78 is 7.19. The number of carbonyl (C=O) groups is 1. The van der Waals surface area contributed by atoms with E-state index >= 15 is 0 Å². The van der Waals surface area contributed by atoms with Gasteiger partial charge < -0.3 is 4.74 Å². The van der Waals surface area contributed by atoms with E-state index in [1.807, 2.05) is 48.5 Å². The van der Waals surface area contributed by atoms with Crippen molar-refractivity contribution in [2.75, 3.05) is 0 Å². The van der Waals surface area contributed by atoms with E-state index in [0.29, 0.717) is 11.6 Å². The summed E-state index contributed by atoms with van der Waals surface area (Å²) in [6, 6.07) is 15.3. The molecule has 0 atom stereocenters. The van der Waals surface area contributed by atoms with E-state index in [9.17, 15) is 4.79 Å². The maximum absolute atomic E-state index is 11.9. The molecule has 0 N–H and O–H groups in total. The lowest BCUT2D eigenvalue weighted by Gasteiger charge is -2.01. The number of nitrogens with zero attached hydrogens (tertiary/aromatic N) is 1. The fourth-order valence-corrected chi connectivity index (χ4v) is 2.93. The summed E-state index contributed by atoms with van der Waals surface area (Å²) in [5.41, 5.74) is 1.99. The van der Waals surface area contributed by atoms with Crippen molar-refractivity contribution in [1.29, 1.82) is 0 Å². The Morgan fingerprint density at radius 1 is 1.14 bits per heavy atom. The molecule has 0 fully saturated rings. The molecule has 1 aliphatic rings. The highest BCUT2D eigenvalue weighted by atomic mass is 127. The highest BCUT2D eigenvalue weighted by Crippen LogP contribution is 2.24. The van der Waals surface area contributed by atoms with Crippen molar-refractivity contribution in [3.8, 4) is 0 Å². The molecular formula is C16H9BrINO2. The summed E-state index contributed by atoms with van der Waals surface area (Å²) in [6.45, 7) is 0. The average molecular weight is 454 g/mol. The summed E-state index contributed by atoms with van der Waals surface area (Å²) in [6.07, 6.45) is 1.73. The van der Waals surface area contributed by atoms with Gasteiger partial charge in [-0.05, 0) is 74.4 Å². The molecule has 104 valence electrons. The second kappa shape index (κ2) is 6.11. The Balaban J connectivity index is 1.98. The normalized spacial score (nSPS) is 16.0. The van der Waals surface area contributed by atoms with Crippen LogP contribution in [0.25, 0.3) is 6.08 Å². The first-order chi connectivity index (χ1) is 10.1. The van der Waals surface area contributed by atoms with Gasteiger partial charge in [0.15, 0.2) is 5.70 Å². The number of rotatable bonds is 2. The first-order valence-electron chi connectivity index (χ1n) is 6.16. The molecule has 0 aliphatic carbocycles. The Morgan fingerprint density at radius 2 is 1.95 bits per heavy atom. The highest BCUT2D eigenvalue weighted by Gasteiger charge is 2.25. The van der Waals surface area contributed by atoms with Crippen LogP contribution in [0.5, 0.6) is 0 Å². The van der Waals surface area contributed by atoms with E-state index in [1.54, 1.807) is 6.08 Å². The first-order valence-corrected chi connectivity index (χ1v) is 8.04. The van der Waals surface area contributed by atoms with Gasteiger partial charge in [0.25, 0.3) is 0 Å². The van der Waals surface area contributed by atoms with Gasteiger partial charge in [-0.1, -0.05) is 24.3 Å². The highest BCUT2D eigenvalue weighted by molar-refractivity contribution is 14.1. The molecule has 3 nitrogen and oxygen atoms in total. The van der Waals surface area contributed by atoms with E-state index in [4.69, 9.17) is 4.74 Å². The smallest absolute Gasteiger partial charge is 0.363 e. The minimum absolute atomic E-state index is 0.308. The number of benzene rings is 2. The van der Waals surface area contributed by atoms with E-state index < -0.39 is 5.97 Å². The van der Waals surface area contributed by atoms with Gasteiger partial charge in [0.2, 0.25) is 5.90 Å². The average Bonchev–Trinajstić information content (AvgIpc) is 2.80. The van der Waals surface area contributed by atoms with E-state index in [2.05, 4.69) is 43.5 Å². The maximum atomic E-state index is 11.9. The second-order valence-corrected chi connectivity index (χ2v) is 6.47. The SMILES string of the molecule is O=C1OC(c2ccccc2Br)=N/C1=C\c1cccc(I)c1. The molecule has 3 rings (SSSR count).